The molecule has 0 aliphatic carbocycles. The second-order valence-electron chi connectivity index (χ2n) is 5.85. The molecule has 1 atom stereocenters. The van der Waals surface area contributed by atoms with Crippen LogP contribution in [0.2, 0.25) is 0 Å². The molecule has 3 heterocycles. The third kappa shape index (κ3) is 2.70. The SMILES string of the molecule is COc1c(C)cnc(CN2CCC[C@H]2c2noc(C)n2)c1C. The van der Waals surface area contributed by atoms with E-state index in [1.165, 1.54) is 0 Å². The second-order valence-corrected chi connectivity index (χ2v) is 5.85. The van der Waals surface area contributed by atoms with E-state index in [0.29, 0.717) is 5.89 Å². The van der Waals surface area contributed by atoms with Gasteiger partial charge in [-0.3, -0.25) is 9.88 Å². The van der Waals surface area contributed by atoms with Crippen LogP contribution in [0.15, 0.2) is 10.7 Å². The number of aryl methyl sites for hydroxylation is 2. The highest BCUT2D eigenvalue weighted by atomic mass is 16.5. The maximum absolute atomic E-state index is 5.50. The summed E-state index contributed by atoms with van der Waals surface area (Å²) in [5.74, 6) is 2.33. The average molecular weight is 302 g/mol. The maximum Gasteiger partial charge on any atom is 0.223 e. The fourth-order valence-corrected chi connectivity index (χ4v) is 3.18. The molecule has 0 unspecified atom stereocenters. The van der Waals surface area contributed by atoms with Crippen molar-refractivity contribution in [1.29, 1.82) is 0 Å². The minimum absolute atomic E-state index is 0.214. The topological polar surface area (TPSA) is 64.3 Å². The van der Waals surface area contributed by atoms with Gasteiger partial charge in [0.05, 0.1) is 18.8 Å². The number of methoxy groups -OCH3 is 1. The number of rotatable bonds is 4. The monoisotopic (exact) mass is 302 g/mol. The van der Waals surface area contributed by atoms with Gasteiger partial charge in [-0.1, -0.05) is 5.16 Å². The van der Waals surface area contributed by atoms with Gasteiger partial charge in [-0.05, 0) is 33.2 Å². The van der Waals surface area contributed by atoms with Gasteiger partial charge in [0.1, 0.15) is 5.75 Å². The Balaban J connectivity index is 1.83. The molecule has 22 heavy (non-hydrogen) atoms. The molecule has 2 aromatic rings. The van der Waals surface area contributed by atoms with Crippen LogP contribution in [0, 0.1) is 20.8 Å². The lowest BCUT2D eigenvalue weighted by molar-refractivity contribution is 0.230. The summed E-state index contributed by atoms with van der Waals surface area (Å²) in [6.45, 7) is 7.71. The van der Waals surface area contributed by atoms with Gasteiger partial charge in [-0.2, -0.15) is 4.98 Å². The minimum Gasteiger partial charge on any atom is -0.496 e. The highest BCUT2D eigenvalue weighted by molar-refractivity contribution is 5.41. The van der Waals surface area contributed by atoms with Crippen LogP contribution in [0.3, 0.4) is 0 Å². The van der Waals surface area contributed by atoms with E-state index in [4.69, 9.17) is 9.26 Å². The number of hydrogen-bond acceptors (Lipinski definition) is 6. The molecule has 0 spiro atoms. The molecule has 0 N–H and O–H groups in total. The molecule has 0 amide bonds. The van der Waals surface area contributed by atoms with Crippen LogP contribution in [0.5, 0.6) is 5.75 Å². The van der Waals surface area contributed by atoms with Crippen molar-refractivity contribution in [1.82, 2.24) is 20.0 Å². The summed E-state index contributed by atoms with van der Waals surface area (Å²) in [5, 5.41) is 4.09. The first-order valence-electron chi connectivity index (χ1n) is 7.63. The third-order valence-electron chi connectivity index (χ3n) is 4.31. The van der Waals surface area contributed by atoms with Crippen molar-refractivity contribution in [3.05, 3.63) is 34.7 Å². The molecule has 1 aliphatic heterocycles. The van der Waals surface area contributed by atoms with Crippen LogP contribution in [0.25, 0.3) is 0 Å². The van der Waals surface area contributed by atoms with Crippen LogP contribution < -0.4 is 4.74 Å². The number of likely N-dealkylation sites (tertiary alicyclic amines) is 1. The zero-order valence-electron chi connectivity index (χ0n) is 13.6. The van der Waals surface area contributed by atoms with Crippen molar-refractivity contribution in [2.45, 2.75) is 46.2 Å². The molecule has 1 aliphatic rings. The summed E-state index contributed by atoms with van der Waals surface area (Å²) in [7, 11) is 1.71. The van der Waals surface area contributed by atoms with E-state index in [9.17, 15) is 0 Å². The molecule has 1 saturated heterocycles. The van der Waals surface area contributed by atoms with E-state index in [2.05, 4.69) is 26.9 Å². The molecule has 6 nitrogen and oxygen atoms in total. The zero-order valence-corrected chi connectivity index (χ0v) is 13.6. The van der Waals surface area contributed by atoms with Crippen LogP contribution in [0.1, 0.15) is 47.4 Å². The maximum atomic E-state index is 5.50. The van der Waals surface area contributed by atoms with Gasteiger partial charge in [-0.25, -0.2) is 0 Å². The Morgan fingerprint density at radius 2 is 2.18 bits per heavy atom. The summed E-state index contributed by atoms with van der Waals surface area (Å²) in [6, 6.07) is 0.214. The van der Waals surface area contributed by atoms with Gasteiger partial charge < -0.3 is 9.26 Å². The first-order valence-corrected chi connectivity index (χ1v) is 7.63. The highest BCUT2D eigenvalue weighted by Gasteiger charge is 2.30. The Labute approximate surface area is 130 Å². The van der Waals surface area contributed by atoms with Crippen molar-refractivity contribution >= 4 is 0 Å². The molecule has 0 aromatic carbocycles. The van der Waals surface area contributed by atoms with Crippen LogP contribution in [-0.2, 0) is 6.54 Å². The quantitative estimate of drug-likeness (QED) is 0.865. The molecular weight excluding hydrogens is 280 g/mol. The third-order valence-corrected chi connectivity index (χ3v) is 4.31. The fraction of sp³-hybridized carbons (Fsp3) is 0.562. The molecule has 0 saturated carbocycles. The summed E-state index contributed by atoms with van der Waals surface area (Å²) < 4.78 is 10.6. The van der Waals surface area contributed by atoms with Gasteiger partial charge >= 0.3 is 0 Å². The smallest absolute Gasteiger partial charge is 0.223 e. The number of hydrogen-bond donors (Lipinski definition) is 0. The van der Waals surface area contributed by atoms with Crippen molar-refractivity contribution in [3.63, 3.8) is 0 Å². The standard InChI is InChI=1S/C16H22N4O2/c1-10-8-17-13(11(2)15(10)21-4)9-20-7-5-6-14(20)16-18-12(3)22-19-16/h8,14H,5-7,9H2,1-4H3/t14-/m0/s1. The van der Waals surface area contributed by atoms with Gasteiger partial charge in [0, 0.05) is 30.8 Å². The van der Waals surface area contributed by atoms with E-state index in [1.807, 2.05) is 20.0 Å². The Morgan fingerprint density at radius 1 is 1.36 bits per heavy atom. The Bertz CT molecular complexity index is 668. The molecule has 6 heteroatoms. The Morgan fingerprint density at radius 3 is 2.86 bits per heavy atom. The molecule has 0 bridgehead atoms. The first-order chi connectivity index (χ1) is 10.6. The van der Waals surface area contributed by atoms with E-state index < -0.39 is 0 Å². The van der Waals surface area contributed by atoms with Crippen molar-refractivity contribution in [3.8, 4) is 5.75 Å². The lowest BCUT2D eigenvalue weighted by Gasteiger charge is -2.23. The summed E-state index contributed by atoms with van der Waals surface area (Å²) in [4.78, 5) is 11.4. The van der Waals surface area contributed by atoms with Crippen LogP contribution in [0.4, 0.5) is 0 Å². The molecule has 0 radical (unpaired) electrons. The summed E-state index contributed by atoms with van der Waals surface area (Å²) in [5.41, 5.74) is 3.22. The Hall–Kier alpha value is -1.95. The zero-order chi connectivity index (χ0) is 15.7. The molecule has 3 rings (SSSR count). The normalized spacial score (nSPS) is 18.8. The van der Waals surface area contributed by atoms with E-state index >= 15 is 0 Å². The van der Waals surface area contributed by atoms with E-state index in [1.54, 1.807) is 7.11 Å². The lowest BCUT2D eigenvalue weighted by Crippen LogP contribution is -2.24. The van der Waals surface area contributed by atoms with Crippen molar-refractivity contribution < 1.29 is 9.26 Å². The predicted octanol–water partition coefficient (Wildman–Crippen LogP) is 2.74. The number of ether oxygens (including phenoxy) is 1. The van der Waals surface area contributed by atoms with E-state index in [-0.39, 0.29) is 6.04 Å². The molecular formula is C16H22N4O2. The van der Waals surface area contributed by atoms with Crippen LogP contribution >= 0.6 is 0 Å². The lowest BCUT2D eigenvalue weighted by atomic mass is 10.1. The molecule has 118 valence electrons. The first kappa shape index (κ1) is 15.0. The number of aromatic nitrogens is 3. The largest absolute Gasteiger partial charge is 0.496 e. The van der Waals surface area contributed by atoms with Crippen LogP contribution in [-0.4, -0.2) is 33.7 Å². The Kier molecular flexibility index (Phi) is 4.11. The predicted molar refractivity (Wildman–Crippen MR) is 81.7 cm³/mol. The van der Waals surface area contributed by atoms with Crippen molar-refractivity contribution in [2.24, 2.45) is 0 Å². The van der Waals surface area contributed by atoms with E-state index in [0.717, 1.165) is 54.3 Å². The second kappa shape index (κ2) is 6.04. The van der Waals surface area contributed by atoms with Gasteiger partial charge in [0.2, 0.25) is 5.89 Å². The van der Waals surface area contributed by atoms with Gasteiger partial charge in [-0.15, -0.1) is 0 Å². The average Bonchev–Trinajstić information content (AvgIpc) is 3.11. The van der Waals surface area contributed by atoms with Gasteiger partial charge in [0.25, 0.3) is 0 Å². The minimum atomic E-state index is 0.214. The highest BCUT2D eigenvalue weighted by Crippen LogP contribution is 2.33. The number of pyridine rings is 1. The summed E-state index contributed by atoms with van der Waals surface area (Å²) in [6.07, 6.45) is 4.08. The number of nitrogens with zero attached hydrogens (tertiary/aromatic N) is 4. The molecule has 2 aromatic heterocycles. The molecule has 1 fully saturated rings. The summed E-state index contributed by atoms with van der Waals surface area (Å²) >= 11 is 0. The van der Waals surface area contributed by atoms with Gasteiger partial charge in [0.15, 0.2) is 5.82 Å². The van der Waals surface area contributed by atoms with Crippen molar-refractivity contribution in [2.75, 3.05) is 13.7 Å². The fourth-order valence-electron chi connectivity index (χ4n) is 3.18.